The lowest BCUT2D eigenvalue weighted by molar-refractivity contribution is 0.0935. The number of anilines is 1. The second-order valence-electron chi connectivity index (χ2n) is 5.32. The second kappa shape index (κ2) is 4.96. The fourth-order valence-electron chi connectivity index (χ4n) is 1.80. The van der Waals surface area contributed by atoms with Crippen LogP contribution in [0.4, 0.5) is 5.82 Å². The molecule has 98 valence electrons. The SMILES string of the molecule is CCCNc1cc(C(=O)NC2(C)CC2)cc(C)n1. The first kappa shape index (κ1) is 12.9. The van der Waals surface area contributed by atoms with Crippen molar-refractivity contribution in [3.8, 4) is 0 Å². The number of nitrogens with one attached hydrogen (secondary N) is 2. The molecule has 1 aliphatic rings. The number of aromatic nitrogens is 1. The molecule has 0 atom stereocenters. The smallest absolute Gasteiger partial charge is 0.251 e. The van der Waals surface area contributed by atoms with Gasteiger partial charge in [-0.3, -0.25) is 4.79 Å². The van der Waals surface area contributed by atoms with Gasteiger partial charge < -0.3 is 10.6 Å². The molecule has 1 aromatic rings. The highest BCUT2D eigenvalue weighted by molar-refractivity contribution is 5.95. The summed E-state index contributed by atoms with van der Waals surface area (Å²) in [5.74, 6) is 0.781. The summed E-state index contributed by atoms with van der Waals surface area (Å²) in [4.78, 5) is 16.5. The van der Waals surface area contributed by atoms with E-state index >= 15 is 0 Å². The number of rotatable bonds is 5. The van der Waals surface area contributed by atoms with E-state index in [1.165, 1.54) is 0 Å². The third kappa shape index (κ3) is 3.22. The third-order valence-corrected chi connectivity index (χ3v) is 3.19. The van der Waals surface area contributed by atoms with E-state index in [0.717, 1.165) is 37.3 Å². The van der Waals surface area contributed by atoms with Crippen LogP contribution in [0.5, 0.6) is 0 Å². The highest BCUT2D eigenvalue weighted by Crippen LogP contribution is 2.34. The van der Waals surface area contributed by atoms with E-state index in [1.54, 1.807) is 0 Å². The zero-order chi connectivity index (χ0) is 13.2. The number of hydrogen-bond donors (Lipinski definition) is 2. The predicted octanol–water partition coefficient (Wildman–Crippen LogP) is 2.49. The number of pyridine rings is 1. The van der Waals surface area contributed by atoms with Crippen LogP contribution in [0.2, 0.25) is 0 Å². The van der Waals surface area contributed by atoms with Crippen molar-refractivity contribution >= 4 is 11.7 Å². The van der Waals surface area contributed by atoms with Gasteiger partial charge in [0.2, 0.25) is 0 Å². The number of hydrogen-bond acceptors (Lipinski definition) is 3. The highest BCUT2D eigenvalue weighted by Gasteiger charge is 2.38. The Balaban J connectivity index is 2.11. The Morgan fingerprint density at radius 3 is 2.78 bits per heavy atom. The molecule has 1 amide bonds. The minimum Gasteiger partial charge on any atom is -0.370 e. The van der Waals surface area contributed by atoms with Crippen molar-refractivity contribution in [3.05, 3.63) is 23.4 Å². The van der Waals surface area contributed by atoms with Gasteiger partial charge in [-0.1, -0.05) is 6.92 Å². The number of carbonyl (C=O) groups excluding carboxylic acids is 1. The molecule has 1 heterocycles. The molecule has 0 unspecified atom stereocenters. The van der Waals surface area contributed by atoms with Gasteiger partial charge in [0.05, 0.1) is 0 Å². The van der Waals surface area contributed by atoms with E-state index in [1.807, 2.05) is 19.1 Å². The van der Waals surface area contributed by atoms with Crippen molar-refractivity contribution in [2.24, 2.45) is 0 Å². The minimum absolute atomic E-state index is 0.0000449. The lowest BCUT2D eigenvalue weighted by Gasteiger charge is -2.13. The Morgan fingerprint density at radius 1 is 1.44 bits per heavy atom. The molecule has 1 aliphatic carbocycles. The topological polar surface area (TPSA) is 54.0 Å². The van der Waals surface area contributed by atoms with Crippen molar-refractivity contribution in [2.45, 2.75) is 45.6 Å². The van der Waals surface area contributed by atoms with Crippen molar-refractivity contribution in [2.75, 3.05) is 11.9 Å². The molecule has 2 N–H and O–H groups in total. The predicted molar refractivity (Wildman–Crippen MR) is 72.9 cm³/mol. The number of amides is 1. The lowest BCUT2D eigenvalue weighted by Crippen LogP contribution is -2.34. The van der Waals surface area contributed by atoms with E-state index in [0.29, 0.717) is 5.56 Å². The van der Waals surface area contributed by atoms with Crippen molar-refractivity contribution in [1.29, 1.82) is 0 Å². The molecule has 1 aromatic heterocycles. The van der Waals surface area contributed by atoms with Gasteiger partial charge in [-0.2, -0.15) is 0 Å². The number of aryl methyl sites for hydroxylation is 1. The summed E-state index contributed by atoms with van der Waals surface area (Å²) in [5, 5.41) is 6.28. The monoisotopic (exact) mass is 247 g/mol. The summed E-state index contributed by atoms with van der Waals surface area (Å²) in [6.07, 6.45) is 3.18. The largest absolute Gasteiger partial charge is 0.370 e. The average Bonchev–Trinajstić information content (AvgIpc) is 3.03. The van der Waals surface area contributed by atoms with Gasteiger partial charge in [0, 0.05) is 23.3 Å². The van der Waals surface area contributed by atoms with Crippen LogP contribution < -0.4 is 10.6 Å². The van der Waals surface area contributed by atoms with E-state index in [-0.39, 0.29) is 11.4 Å². The molecule has 0 radical (unpaired) electrons. The summed E-state index contributed by atoms with van der Waals surface area (Å²) in [5.41, 5.74) is 1.57. The molecular formula is C14H21N3O. The molecule has 1 fully saturated rings. The third-order valence-electron chi connectivity index (χ3n) is 3.19. The summed E-state index contributed by atoms with van der Waals surface area (Å²) >= 11 is 0. The van der Waals surface area contributed by atoms with Crippen molar-refractivity contribution < 1.29 is 4.79 Å². The maximum Gasteiger partial charge on any atom is 0.251 e. The Morgan fingerprint density at radius 2 is 2.17 bits per heavy atom. The van der Waals surface area contributed by atoms with Gasteiger partial charge in [-0.15, -0.1) is 0 Å². The fourth-order valence-corrected chi connectivity index (χ4v) is 1.80. The van der Waals surface area contributed by atoms with Crippen LogP contribution in [-0.4, -0.2) is 23.0 Å². The Bertz CT molecular complexity index is 452. The first-order valence-electron chi connectivity index (χ1n) is 6.57. The van der Waals surface area contributed by atoms with Gasteiger partial charge in [-0.05, 0) is 45.2 Å². The van der Waals surface area contributed by atoms with Crippen LogP contribution in [0.15, 0.2) is 12.1 Å². The number of nitrogens with zero attached hydrogens (tertiary/aromatic N) is 1. The van der Waals surface area contributed by atoms with Crippen LogP contribution in [0.3, 0.4) is 0 Å². The molecule has 2 rings (SSSR count). The molecular weight excluding hydrogens is 226 g/mol. The zero-order valence-corrected chi connectivity index (χ0v) is 11.3. The molecule has 1 saturated carbocycles. The molecule has 18 heavy (non-hydrogen) atoms. The standard InChI is InChI=1S/C14H21N3O/c1-4-7-15-12-9-11(8-10(2)16-12)13(18)17-14(3)5-6-14/h8-9H,4-7H2,1-3H3,(H,15,16)(H,17,18). The number of carbonyl (C=O) groups is 1. The normalized spacial score (nSPS) is 16.2. The highest BCUT2D eigenvalue weighted by atomic mass is 16.1. The van der Waals surface area contributed by atoms with Gasteiger partial charge in [-0.25, -0.2) is 4.98 Å². The maximum absolute atomic E-state index is 12.1. The van der Waals surface area contributed by atoms with Crippen LogP contribution in [0, 0.1) is 6.92 Å². The van der Waals surface area contributed by atoms with Crippen LogP contribution in [0.1, 0.15) is 49.2 Å². The summed E-state index contributed by atoms with van der Waals surface area (Å²) < 4.78 is 0. The summed E-state index contributed by atoms with van der Waals surface area (Å²) in [7, 11) is 0. The molecule has 0 aromatic carbocycles. The van der Waals surface area contributed by atoms with E-state index in [9.17, 15) is 4.79 Å². The van der Waals surface area contributed by atoms with Crippen LogP contribution in [0.25, 0.3) is 0 Å². The van der Waals surface area contributed by atoms with E-state index < -0.39 is 0 Å². The van der Waals surface area contributed by atoms with Gasteiger partial charge in [0.15, 0.2) is 0 Å². The van der Waals surface area contributed by atoms with E-state index in [2.05, 4.69) is 29.5 Å². The Hall–Kier alpha value is -1.58. The summed E-state index contributed by atoms with van der Waals surface area (Å²) in [6.45, 7) is 6.96. The molecule has 0 spiro atoms. The average molecular weight is 247 g/mol. The molecule has 0 aliphatic heterocycles. The quantitative estimate of drug-likeness (QED) is 0.840. The Kier molecular flexibility index (Phi) is 3.55. The van der Waals surface area contributed by atoms with Crippen LogP contribution >= 0.6 is 0 Å². The van der Waals surface area contributed by atoms with Crippen molar-refractivity contribution in [1.82, 2.24) is 10.3 Å². The zero-order valence-electron chi connectivity index (χ0n) is 11.3. The Labute approximate surface area is 108 Å². The molecule has 0 saturated heterocycles. The first-order chi connectivity index (χ1) is 8.52. The van der Waals surface area contributed by atoms with Gasteiger partial charge in [0.1, 0.15) is 5.82 Å². The summed E-state index contributed by atoms with van der Waals surface area (Å²) in [6, 6.07) is 3.65. The first-order valence-corrected chi connectivity index (χ1v) is 6.57. The molecule has 4 nitrogen and oxygen atoms in total. The van der Waals surface area contributed by atoms with Crippen molar-refractivity contribution in [3.63, 3.8) is 0 Å². The minimum atomic E-state index is 0.0000449. The second-order valence-corrected chi connectivity index (χ2v) is 5.32. The lowest BCUT2D eigenvalue weighted by atomic mass is 10.2. The molecule has 0 bridgehead atoms. The van der Waals surface area contributed by atoms with Gasteiger partial charge in [0.25, 0.3) is 5.91 Å². The van der Waals surface area contributed by atoms with Crippen LogP contribution in [-0.2, 0) is 0 Å². The fraction of sp³-hybridized carbons (Fsp3) is 0.571. The maximum atomic E-state index is 12.1. The van der Waals surface area contributed by atoms with Gasteiger partial charge >= 0.3 is 0 Å². The molecule has 4 heteroatoms. The van der Waals surface area contributed by atoms with E-state index in [4.69, 9.17) is 0 Å².